The van der Waals surface area contributed by atoms with Gasteiger partial charge in [-0.05, 0) is 44.0 Å². The van der Waals surface area contributed by atoms with Crippen LogP contribution in [0, 0.1) is 6.92 Å². The Morgan fingerprint density at radius 2 is 1.82 bits per heavy atom. The number of piperidine rings is 1. The Labute approximate surface area is 190 Å². The zero-order valence-corrected chi connectivity index (χ0v) is 20.1. The lowest BCUT2D eigenvalue weighted by Crippen LogP contribution is -2.37. The fourth-order valence-corrected chi connectivity index (χ4v) is 4.14. The van der Waals surface area contributed by atoms with E-state index >= 15 is 0 Å². The molecular formula is C21H32IN5S. The first kappa shape index (κ1) is 23.1. The molecule has 154 valence electrons. The van der Waals surface area contributed by atoms with Crippen molar-refractivity contribution in [2.24, 2.45) is 4.99 Å². The molecule has 0 spiro atoms. The summed E-state index contributed by atoms with van der Waals surface area (Å²) in [5.41, 5.74) is 2.68. The van der Waals surface area contributed by atoms with Crippen LogP contribution in [0.5, 0.6) is 0 Å². The maximum Gasteiger partial charge on any atom is 0.191 e. The average Bonchev–Trinajstić information content (AvgIpc) is 3.11. The number of halogens is 1. The van der Waals surface area contributed by atoms with Crippen LogP contribution < -0.4 is 10.6 Å². The molecule has 2 aromatic rings. The van der Waals surface area contributed by atoms with Gasteiger partial charge < -0.3 is 10.6 Å². The molecule has 7 heteroatoms. The number of aliphatic imine (C=N–C) groups is 1. The van der Waals surface area contributed by atoms with Crippen LogP contribution in [0.1, 0.15) is 40.3 Å². The van der Waals surface area contributed by atoms with Gasteiger partial charge in [-0.1, -0.05) is 30.7 Å². The predicted octanol–water partition coefficient (Wildman–Crippen LogP) is 3.96. The van der Waals surface area contributed by atoms with Crippen molar-refractivity contribution in [3.05, 3.63) is 51.5 Å². The van der Waals surface area contributed by atoms with E-state index in [1.807, 2.05) is 13.2 Å². The van der Waals surface area contributed by atoms with Crippen LogP contribution in [0.2, 0.25) is 0 Å². The molecule has 1 aliphatic rings. The molecule has 0 atom stereocenters. The molecule has 1 aromatic carbocycles. The maximum absolute atomic E-state index is 4.40. The monoisotopic (exact) mass is 513 g/mol. The van der Waals surface area contributed by atoms with Crippen LogP contribution in [0.15, 0.2) is 35.5 Å². The molecule has 0 unspecified atom stereocenters. The van der Waals surface area contributed by atoms with E-state index in [1.54, 1.807) is 11.3 Å². The summed E-state index contributed by atoms with van der Waals surface area (Å²) in [6.07, 6.45) is 6.93. The quantitative estimate of drug-likeness (QED) is 0.335. The molecule has 0 aliphatic carbocycles. The standard InChI is InChI=1S/C21H31N5S.HI/c1-17-14-24-20(27-17)10-11-23-21(22-2)25-15-18-6-8-19(9-7-18)16-26-12-4-3-5-13-26;/h6-9,14H,3-5,10-13,15-16H2,1-2H3,(H2,22,23,25);1H. The first-order chi connectivity index (χ1) is 13.2. The van der Waals surface area contributed by atoms with Gasteiger partial charge in [0.25, 0.3) is 0 Å². The third-order valence-electron chi connectivity index (χ3n) is 4.86. The molecular weight excluding hydrogens is 481 g/mol. The molecule has 3 rings (SSSR count). The number of aromatic nitrogens is 1. The second kappa shape index (κ2) is 12.4. The highest BCUT2D eigenvalue weighted by Crippen LogP contribution is 2.14. The number of benzene rings is 1. The molecule has 5 nitrogen and oxygen atoms in total. The van der Waals surface area contributed by atoms with Gasteiger partial charge in [0.15, 0.2) is 5.96 Å². The number of hydrogen-bond donors (Lipinski definition) is 2. The number of nitrogens with zero attached hydrogens (tertiary/aromatic N) is 3. The number of hydrogen-bond acceptors (Lipinski definition) is 4. The maximum atomic E-state index is 4.40. The SMILES string of the molecule is CN=C(NCCc1ncc(C)s1)NCc1ccc(CN2CCCCC2)cc1.I. The first-order valence-electron chi connectivity index (χ1n) is 9.89. The minimum Gasteiger partial charge on any atom is -0.356 e. The number of thiazole rings is 1. The number of aryl methyl sites for hydroxylation is 1. The molecule has 1 aliphatic heterocycles. The Hall–Kier alpha value is -1.19. The van der Waals surface area contributed by atoms with E-state index in [0.717, 1.165) is 32.0 Å². The number of guanidine groups is 1. The molecule has 0 amide bonds. The van der Waals surface area contributed by atoms with Crippen LogP contribution in [-0.2, 0) is 19.5 Å². The third-order valence-corrected chi connectivity index (χ3v) is 5.83. The highest BCUT2D eigenvalue weighted by molar-refractivity contribution is 14.0. The number of rotatable bonds is 7. The molecule has 0 saturated carbocycles. The normalized spacial score (nSPS) is 15.1. The molecule has 2 heterocycles. The van der Waals surface area contributed by atoms with Gasteiger partial charge in [0.2, 0.25) is 0 Å². The smallest absolute Gasteiger partial charge is 0.191 e. The Bertz CT molecular complexity index is 723. The summed E-state index contributed by atoms with van der Waals surface area (Å²) >= 11 is 1.76. The van der Waals surface area contributed by atoms with E-state index in [2.05, 4.69) is 56.7 Å². The van der Waals surface area contributed by atoms with Crippen molar-refractivity contribution >= 4 is 41.3 Å². The average molecular weight is 513 g/mol. The summed E-state index contributed by atoms with van der Waals surface area (Å²) in [4.78, 5) is 12.5. The van der Waals surface area contributed by atoms with Gasteiger partial charge in [0.1, 0.15) is 0 Å². The van der Waals surface area contributed by atoms with Crippen molar-refractivity contribution in [1.29, 1.82) is 0 Å². The summed E-state index contributed by atoms with van der Waals surface area (Å²) < 4.78 is 0. The molecule has 0 bridgehead atoms. The lowest BCUT2D eigenvalue weighted by atomic mass is 10.1. The van der Waals surface area contributed by atoms with Crippen molar-refractivity contribution in [2.75, 3.05) is 26.7 Å². The lowest BCUT2D eigenvalue weighted by molar-refractivity contribution is 0.221. The van der Waals surface area contributed by atoms with E-state index in [4.69, 9.17) is 0 Å². The summed E-state index contributed by atoms with van der Waals surface area (Å²) in [7, 11) is 1.81. The summed E-state index contributed by atoms with van der Waals surface area (Å²) in [6.45, 7) is 7.26. The Balaban J connectivity index is 0.00000280. The minimum absolute atomic E-state index is 0. The van der Waals surface area contributed by atoms with Gasteiger partial charge in [0.05, 0.1) is 5.01 Å². The molecule has 1 fully saturated rings. The Morgan fingerprint density at radius 1 is 1.11 bits per heavy atom. The van der Waals surface area contributed by atoms with Gasteiger partial charge in [-0.2, -0.15) is 0 Å². The highest BCUT2D eigenvalue weighted by Gasteiger charge is 2.10. The first-order valence-corrected chi connectivity index (χ1v) is 10.7. The lowest BCUT2D eigenvalue weighted by Gasteiger charge is -2.26. The fraction of sp³-hybridized carbons (Fsp3) is 0.524. The van der Waals surface area contributed by atoms with E-state index < -0.39 is 0 Å². The van der Waals surface area contributed by atoms with E-state index in [0.29, 0.717) is 0 Å². The van der Waals surface area contributed by atoms with Gasteiger partial charge in [-0.15, -0.1) is 35.3 Å². The van der Waals surface area contributed by atoms with E-state index in [9.17, 15) is 0 Å². The van der Waals surface area contributed by atoms with Crippen LogP contribution in [0.3, 0.4) is 0 Å². The van der Waals surface area contributed by atoms with Crippen LogP contribution in [-0.4, -0.2) is 42.5 Å². The van der Waals surface area contributed by atoms with Gasteiger partial charge >= 0.3 is 0 Å². The van der Waals surface area contributed by atoms with Crippen molar-refractivity contribution in [1.82, 2.24) is 20.5 Å². The molecule has 28 heavy (non-hydrogen) atoms. The second-order valence-electron chi connectivity index (χ2n) is 7.12. The van der Waals surface area contributed by atoms with Crippen LogP contribution >= 0.6 is 35.3 Å². The largest absolute Gasteiger partial charge is 0.356 e. The van der Waals surface area contributed by atoms with E-state index in [1.165, 1.54) is 53.4 Å². The predicted molar refractivity (Wildman–Crippen MR) is 130 cm³/mol. The molecule has 1 saturated heterocycles. The summed E-state index contributed by atoms with van der Waals surface area (Å²) in [5, 5.41) is 7.92. The molecule has 0 radical (unpaired) electrons. The Kier molecular flexibility index (Phi) is 10.2. The van der Waals surface area contributed by atoms with Crippen molar-refractivity contribution in [2.45, 2.75) is 45.7 Å². The topological polar surface area (TPSA) is 52.6 Å². The zero-order chi connectivity index (χ0) is 18.9. The van der Waals surface area contributed by atoms with Crippen molar-refractivity contribution in [3.8, 4) is 0 Å². The Morgan fingerprint density at radius 3 is 2.46 bits per heavy atom. The van der Waals surface area contributed by atoms with Crippen molar-refractivity contribution < 1.29 is 0 Å². The summed E-state index contributed by atoms with van der Waals surface area (Å²) in [6, 6.07) is 8.95. The van der Waals surface area contributed by atoms with E-state index in [-0.39, 0.29) is 24.0 Å². The van der Waals surface area contributed by atoms with Gasteiger partial charge in [-0.25, -0.2) is 4.98 Å². The van der Waals surface area contributed by atoms with Gasteiger partial charge in [0, 0.05) is 44.2 Å². The van der Waals surface area contributed by atoms with Crippen LogP contribution in [0.4, 0.5) is 0 Å². The number of likely N-dealkylation sites (tertiary alicyclic amines) is 1. The minimum atomic E-state index is 0. The van der Waals surface area contributed by atoms with Gasteiger partial charge in [-0.3, -0.25) is 9.89 Å². The fourth-order valence-electron chi connectivity index (χ4n) is 3.35. The summed E-state index contributed by atoms with van der Waals surface area (Å²) in [5.74, 6) is 0.834. The van der Waals surface area contributed by atoms with Crippen LogP contribution in [0.25, 0.3) is 0 Å². The zero-order valence-electron chi connectivity index (χ0n) is 16.9. The second-order valence-corrected chi connectivity index (χ2v) is 8.44. The highest BCUT2D eigenvalue weighted by atomic mass is 127. The third kappa shape index (κ3) is 7.67. The molecule has 2 N–H and O–H groups in total. The molecule has 1 aromatic heterocycles. The van der Waals surface area contributed by atoms with Crippen molar-refractivity contribution in [3.63, 3.8) is 0 Å². The number of nitrogens with one attached hydrogen (secondary N) is 2.